The first-order chi connectivity index (χ1) is 6.88. The zero-order valence-electron chi connectivity index (χ0n) is 7.68. The lowest BCUT2D eigenvalue weighted by Gasteiger charge is -2.09. The normalized spacial score (nSPS) is 25.4. The first kappa shape index (κ1) is 10.8. The van der Waals surface area contributed by atoms with E-state index in [0.717, 1.165) is 18.6 Å². The lowest BCUT2D eigenvalue weighted by atomic mass is 10.1. The highest BCUT2D eigenvalue weighted by molar-refractivity contribution is 6.30. The van der Waals surface area contributed by atoms with Gasteiger partial charge in [-0.15, -0.1) is 0 Å². The van der Waals surface area contributed by atoms with Crippen LogP contribution >= 0.6 is 11.6 Å². The molecule has 0 spiro atoms. The first-order valence-electron chi connectivity index (χ1n) is 4.51. The minimum atomic E-state index is -4.35. The van der Waals surface area contributed by atoms with Gasteiger partial charge in [-0.05, 0) is 30.2 Å². The summed E-state index contributed by atoms with van der Waals surface area (Å²) in [4.78, 5) is 0. The van der Waals surface area contributed by atoms with E-state index >= 15 is 0 Å². The fourth-order valence-corrected chi connectivity index (χ4v) is 1.83. The molecule has 1 saturated carbocycles. The Labute approximate surface area is 90.0 Å². The Balaban J connectivity index is 2.37. The van der Waals surface area contributed by atoms with Gasteiger partial charge in [-0.2, -0.15) is 13.2 Å². The molecule has 0 radical (unpaired) electrons. The molecule has 2 atom stereocenters. The second-order valence-electron chi connectivity index (χ2n) is 3.78. The lowest BCUT2D eigenvalue weighted by Crippen LogP contribution is -2.06. The van der Waals surface area contributed by atoms with Crippen LogP contribution < -0.4 is 5.73 Å². The summed E-state index contributed by atoms with van der Waals surface area (Å²) in [5.41, 5.74) is 5.46. The summed E-state index contributed by atoms with van der Waals surface area (Å²) in [6.07, 6.45) is -3.61. The predicted octanol–water partition coefficient (Wildman–Crippen LogP) is 3.17. The minimum Gasteiger partial charge on any atom is -0.327 e. The average molecular weight is 236 g/mol. The minimum absolute atomic E-state index is 0.0236. The molecule has 1 fully saturated rings. The van der Waals surface area contributed by atoms with Gasteiger partial charge in [-0.3, -0.25) is 0 Å². The van der Waals surface area contributed by atoms with Crippen LogP contribution in [0.5, 0.6) is 0 Å². The third-order valence-corrected chi connectivity index (χ3v) is 2.73. The van der Waals surface area contributed by atoms with Gasteiger partial charge in [-0.25, -0.2) is 0 Å². The molecule has 0 amide bonds. The predicted molar refractivity (Wildman–Crippen MR) is 51.8 cm³/mol. The summed E-state index contributed by atoms with van der Waals surface area (Å²) < 4.78 is 37.3. The van der Waals surface area contributed by atoms with Crippen molar-refractivity contribution in [3.8, 4) is 0 Å². The molecule has 15 heavy (non-hydrogen) atoms. The summed E-state index contributed by atoms with van der Waals surface area (Å²) in [6, 6.07) is 3.58. The highest BCUT2D eigenvalue weighted by Gasteiger charge is 2.37. The summed E-state index contributed by atoms with van der Waals surface area (Å²) in [6.45, 7) is 0. The molecule has 0 aromatic heterocycles. The second kappa shape index (κ2) is 3.39. The molecule has 1 nitrogen and oxygen atoms in total. The van der Waals surface area contributed by atoms with Gasteiger partial charge < -0.3 is 5.73 Å². The molecule has 0 aliphatic heterocycles. The van der Waals surface area contributed by atoms with Gasteiger partial charge in [0.2, 0.25) is 0 Å². The first-order valence-corrected chi connectivity index (χ1v) is 4.89. The van der Waals surface area contributed by atoms with Crippen molar-refractivity contribution in [1.82, 2.24) is 0 Å². The highest BCUT2D eigenvalue weighted by Crippen LogP contribution is 2.42. The van der Waals surface area contributed by atoms with Crippen molar-refractivity contribution >= 4 is 11.6 Å². The van der Waals surface area contributed by atoms with Crippen molar-refractivity contribution < 1.29 is 13.2 Å². The van der Waals surface area contributed by atoms with E-state index in [2.05, 4.69) is 0 Å². The van der Waals surface area contributed by atoms with Crippen LogP contribution in [0.15, 0.2) is 18.2 Å². The molecule has 2 N–H and O–H groups in total. The molecule has 5 heteroatoms. The molecule has 0 heterocycles. The number of nitrogens with two attached hydrogens (primary N) is 1. The van der Waals surface area contributed by atoms with Crippen LogP contribution in [-0.2, 0) is 6.18 Å². The fraction of sp³-hybridized carbons (Fsp3) is 0.400. The van der Waals surface area contributed by atoms with E-state index in [1.807, 2.05) is 0 Å². The number of hydrogen-bond acceptors (Lipinski definition) is 1. The second-order valence-corrected chi connectivity index (χ2v) is 4.21. The molecule has 0 saturated heterocycles. The number of halogens is 4. The number of hydrogen-bond donors (Lipinski definition) is 1. The van der Waals surface area contributed by atoms with Crippen LogP contribution in [0.2, 0.25) is 5.02 Å². The zero-order chi connectivity index (χ0) is 11.2. The molecule has 1 aliphatic carbocycles. The molecule has 1 aromatic rings. The van der Waals surface area contributed by atoms with Crippen LogP contribution in [-0.4, -0.2) is 6.04 Å². The largest absolute Gasteiger partial charge is 0.416 e. The average Bonchev–Trinajstić information content (AvgIpc) is 2.80. The Morgan fingerprint density at radius 2 is 1.87 bits per heavy atom. The number of rotatable bonds is 1. The monoisotopic (exact) mass is 235 g/mol. The summed E-state index contributed by atoms with van der Waals surface area (Å²) in [5.74, 6) is 0.0322. The number of benzene rings is 1. The maximum absolute atomic E-state index is 12.4. The van der Waals surface area contributed by atoms with Crippen LogP contribution in [0.25, 0.3) is 0 Å². The van der Waals surface area contributed by atoms with Crippen molar-refractivity contribution in [3.63, 3.8) is 0 Å². The van der Waals surface area contributed by atoms with Gasteiger partial charge in [0.05, 0.1) is 5.56 Å². The van der Waals surface area contributed by atoms with Gasteiger partial charge in [0, 0.05) is 17.0 Å². The standard InChI is InChI=1S/C10H9ClF3N/c11-7-2-5(8-4-9(8)15)1-6(3-7)10(12,13)14/h1-3,8-9H,4,15H2/t8-,9+/m0/s1. The van der Waals surface area contributed by atoms with Gasteiger partial charge in [0.15, 0.2) is 0 Å². The maximum Gasteiger partial charge on any atom is 0.416 e. The molecule has 1 aliphatic rings. The Hall–Kier alpha value is -0.740. The Bertz CT molecular complexity index is 389. The van der Waals surface area contributed by atoms with E-state index in [4.69, 9.17) is 17.3 Å². The van der Waals surface area contributed by atoms with Crippen molar-refractivity contribution in [2.75, 3.05) is 0 Å². The van der Waals surface area contributed by atoms with Gasteiger partial charge in [0.1, 0.15) is 0 Å². The maximum atomic E-state index is 12.4. The van der Waals surface area contributed by atoms with Crippen molar-refractivity contribution in [1.29, 1.82) is 0 Å². The van der Waals surface area contributed by atoms with E-state index in [1.54, 1.807) is 6.07 Å². The third kappa shape index (κ3) is 2.26. The molecule has 2 rings (SSSR count). The topological polar surface area (TPSA) is 26.0 Å². The molecular formula is C10H9ClF3N. The summed E-state index contributed by atoms with van der Waals surface area (Å²) in [7, 11) is 0. The quantitative estimate of drug-likeness (QED) is 0.795. The van der Waals surface area contributed by atoms with Crippen molar-refractivity contribution in [3.05, 3.63) is 34.3 Å². The van der Waals surface area contributed by atoms with Crippen molar-refractivity contribution in [2.45, 2.75) is 24.6 Å². The van der Waals surface area contributed by atoms with Gasteiger partial charge in [-0.1, -0.05) is 11.6 Å². The molecular weight excluding hydrogens is 227 g/mol. The smallest absolute Gasteiger partial charge is 0.327 e. The lowest BCUT2D eigenvalue weighted by molar-refractivity contribution is -0.137. The van der Waals surface area contributed by atoms with Crippen LogP contribution in [0.1, 0.15) is 23.5 Å². The van der Waals surface area contributed by atoms with E-state index in [9.17, 15) is 13.2 Å². The Kier molecular flexibility index (Phi) is 2.43. The van der Waals surface area contributed by atoms with Crippen LogP contribution in [0.4, 0.5) is 13.2 Å². The Morgan fingerprint density at radius 1 is 1.27 bits per heavy atom. The Morgan fingerprint density at radius 3 is 2.33 bits per heavy atom. The van der Waals surface area contributed by atoms with E-state index in [1.165, 1.54) is 0 Å². The summed E-state index contributed by atoms with van der Waals surface area (Å²) >= 11 is 5.63. The fourth-order valence-electron chi connectivity index (χ4n) is 1.59. The van der Waals surface area contributed by atoms with E-state index in [-0.39, 0.29) is 17.0 Å². The molecule has 0 bridgehead atoms. The molecule has 82 valence electrons. The van der Waals surface area contributed by atoms with Crippen LogP contribution in [0.3, 0.4) is 0 Å². The van der Waals surface area contributed by atoms with Crippen molar-refractivity contribution in [2.24, 2.45) is 5.73 Å². The molecule has 1 aromatic carbocycles. The van der Waals surface area contributed by atoms with E-state index < -0.39 is 11.7 Å². The van der Waals surface area contributed by atoms with Gasteiger partial charge in [0.25, 0.3) is 0 Å². The SMILES string of the molecule is N[C@@H]1C[C@H]1c1cc(Cl)cc(C(F)(F)F)c1. The van der Waals surface area contributed by atoms with Crippen LogP contribution in [0, 0.1) is 0 Å². The molecule has 0 unspecified atom stereocenters. The number of alkyl halides is 3. The summed E-state index contributed by atoms with van der Waals surface area (Å²) in [5, 5.41) is 0.110. The van der Waals surface area contributed by atoms with Gasteiger partial charge >= 0.3 is 6.18 Å². The highest BCUT2D eigenvalue weighted by atomic mass is 35.5. The third-order valence-electron chi connectivity index (χ3n) is 2.52. The zero-order valence-corrected chi connectivity index (χ0v) is 8.44. The van der Waals surface area contributed by atoms with E-state index in [0.29, 0.717) is 5.56 Å².